The van der Waals surface area contributed by atoms with Gasteiger partial charge in [0.15, 0.2) is 0 Å². The number of hydrazone groups is 1. The van der Waals surface area contributed by atoms with Gasteiger partial charge in [-0.15, -0.1) is 0 Å². The highest BCUT2D eigenvalue weighted by atomic mass is 35.5. The molecule has 2 N–H and O–H groups in total. The van der Waals surface area contributed by atoms with Crippen LogP contribution in [0.2, 0.25) is 5.02 Å². The second-order valence-corrected chi connectivity index (χ2v) is 5.18. The third-order valence-corrected chi connectivity index (χ3v) is 3.20. The maximum atomic E-state index is 12.8. The molecule has 9 heteroatoms. The van der Waals surface area contributed by atoms with Crippen LogP contribution in [0.3, 0.4) is 0 Å². The van der Waals surface area contributed by atoms with E-state index in [2.05, 4.69) is 10.4 Å². The van der Waals surface area contributed by atoms with Gasteiger partial charge in [-0.05, 0) is 30.3 Å². The van der Waals surface area contributed by atoms with Crippen LogP contribution in [0.5, 0.6) is 0 Å². The minimum atomic E-state index is -4.56. The summed E-state index contributed by atoms with van der Waals surface area (Å²) < 4.78 is 38.4. The number of nitrogens with one attached hydrogen (secondary N) is 2. The number of anilines is 1. The molecule has 0 heterocycles. The van der Waals surface area contributed by atoms with Gasteiger partial charge in [0.25, 0.3) is 0 Å². The molecule has 130 valence electrons. The molecule has 2 rings (SSSR count). The molecule has 2 amide bonds. The first kappa shape index (κ1) is 18.5. The predicted molar refractivity (Wildman–Crippen MR) is 87.3 cm³/mol. The Kier molecular flexibility index (Phi) is 5.76. The summed E-state index contributed by atoms with van der Waals surface area (Å²) >= 11 is 5.69. The van der Waals surface area contributed by atoms with Gasteiger partial charge in [-0.25, -0.2) is 5.43 Å². The molecule has 2 aromatic rings. The Labute approximate surface area is 145 Å². The van der Waals surface area contributed by atoms with E-state index >= 15 is 0 Å². The third kappa shape index (κ3) is 5.32. The van der Waals surface area contributed by atoms with Crippen molar-refractivity contribution in [2.75, 3.05) is 5.32 Å². The Balaban J connectivity index is 1.99. The first-order valence-corrected chi connectivity index (χ1v) is 7.21. The maximum absolute atomic E-state index is 12.8. The van der Waals surface area contributed by atoms with Gasteiger partial charge in [-0.3, -0.25) is 9.59 Å². The van der Waals surface area contributed by atoms with Gasteiger partial charge in [-0.1, -0.05) is 29.8 Å². The average molecular weight is 370 g/mol. The first-order chi connectivity index (χ1) is 11.8. The normalized spacial score (nSPS) is 11.4. The number of carbonyl (C=O) groups is 2. The van der Waals surface area contributed by atoms with Gasteiger partial charge in [0, 0.05) is 16.3 Å². The number of halogens is 4. The molecule has 0 atom stereocenters. The van der Waals surface area contributed by atoms with Crippen LogP contribution in [0.15, 0.2) is 53.6 Å². The summed E-state index contributed by atoms with van der Waals surface area (Å²) in [5.74, 6) is -2.15. The fourth-order valence-electron chi connectivity index (χ4n) is 1.80. The molecule has 25 heavy (non-hydrogen) atoms. The molecule has 0 aliphatic carbocycles. The van der Waals surface area contributed by atoms with Crippen LogP contribution in [0.25, 0.3) is 0 Å². The molecule has 2 aromatic carbocycles. The van der Waals surface area contributed by atoms with Gasteiger partial charge in [0.1, 0.15) is 0 Å². The number of carbonyl (C=O) groups excluding carboxylic acids is 2. The highest BCUT2D eigenvalue weighted by molar-refractivity contribution is 6.39. The Bertz CT molecular complexity index is 805. The molecule has 5 nitrogen and oxygen atoms in total. The van der Waals surface area contributed by atoms with E-state index in [1.807, 2.05) is 5.43 Å². The zero-order valence-electron chi connectivity index (χ0n) is 12.5. The number of amides is 2. The fourth-order valence-corrected chi connectivity index (χ4v) is 1.93. The van der Waals surface area contributed by atoms with Crippen LogP contribution in [-0.2, 0) is 15.8 Å². The standard InChI is InChI=1S/C16H11ClF3N3O2/c17-11-5-7-12(8-6-11)22-14(24)15(25)23-21-9-10-3-1-2-4-13(10)16(18,19)20/h1-9H,(H,22,24)(H,23,25)/b21-9-. The van der Waals surface area contributed by atoms with E-state index in [9.17, 15) is 22.8 Å². The lowest BCUT2D eigenvalue weighted by Crippen LogP contribution is -2.32. The molecule has 0 radical (unpaired) electrons. The van der Waals surface area contributed by atoms with Crippen molar-refractivity contribution in [3.63, 3.8) is 0 Å². The molecule has 0 aromatic heterocycles. The van der Waals surface area contributed by atoms with Crippen molar-refractivity contribution in [1.82, 2.24) is 5.43 Å². The first-order valence-electron chi connectivity index (χ1n) is 6.83. The summed E-state index contributed by atoms with van der Waals surface area (Å²) in [6.07, 6.45) is -3.74. The lowest BCUT2D eigenvalue weighted by atomic mass is 10.1. The van der Waals surface area contributed by atoms with Gasteiger partial charge in [0.2, 0.25) is 0 Å². The van der Waals surface area contributed by atoms with E-state index in [0.717, 1.165) is 12.3 Å². The summed E-state index contributed by atoms with van der Waals surface area (Å²) in [5, 5.41) is 6.13. The van der Waals surface area contributed by atoms with Crippen molar-refractivity contribution in [2.24, 2.45) is 5.10 Å². The monoisotopic (exact) mass is 369 g/mol. The van der Waals surface area contributed by atoms with Gasteiger partial charge in [0.05, 0.1) is 11.8 Å². The molecule has 0 fully saturated rings. The van der Waals surface area contributed by atoms with Crippen LogP contribution in [-0.4, -0.2) is 18.0 Å². The molecule has 0 unspecified atom stereocenters. The molecular formula is C16H11ClF3N3O2. The van der Waals surface area contributed by atoms with Crippen molar-refractivity contribution in [2.45, 2.75) is 6.18 Å². The Morgan fingerprint density at radius 1 is 1.00 bits per heavy atom. The molecule has 0 bridgehead atoms. The van der Waals surface area contributed by atoms with Crippen LogP contribution in [0.4, 0.5) is 18.9 Å². The maximum Gasteiger partial charge on any atom is 0.417 e. The number of nitrogens with zero attached hydrogens (tertiary/aromatic N) is 1. The van der Waals surface area contributed by atoms with Crippen LogP contribution in [0, 0.1) is 0 Å². The smallest absolute Gasteiger partial charge is 0.318 e. The largest absolute Gasteiger partial charge is 0.417 e. The Morgan fingerprint density at radius 3 is 2.28 bits per heavy atom. The zero-order chi connectivity index (χ0) is 18.4. The van der Waals surface area contributed by atoms with Crippen molar-refractivity contribution in [3.8, 4) is 0 Å². The van der Waals surface area contributed by atoms with E-state index in [-0.39, 0.29) is 5.56 Å². The molecule has 0 spiro atoms. The average Bonchev–Trinajstić information content (AvgIpc) is 2.56. The molecule has 0 saturated carbocycles. The van der Waals surface area contributed by atoms with E-state index in [4.69, 9.17) is 11.6 Å². The zero-order valence-corrected chi connectivity index (χ0v) is 13.2. The second-order valence-electron chi connectivity index (χ2n) is 4.75. The van der Waals surface area contributed by atoms with E-state index in [1.54, 1.807) is 0 Å². The third-order valence-electron chi connectivity index (χ3n) is 2.94. The van der Waals surface area contributed by atoms with Crippen LogP contribution < -0.4 is 10.7 Å². The number of hydrogen-bond donors (Lipinski definition) is 2. The molecule has 0 aliphatic rings. The summed E-state index contributed by atoms with van der Waals surface area (Å²) in [6, 6.07) is 10.7. The van der Waals surface area contributed by atoms with Crippen molar-refractivity contribution in [1.29, 1.82) is 0 Å². The van der Waals surface area contributed by atoms with Gasteiger partial charge >= 0.3 is 18.0 Å². The van der Waals surface area contributed by atoms with E-state index in [0.29, 0.717) is 10.7 Å². The lowest BCUT2D eigenvalue weighted by molar-refractivity contribution is -0.137. The van der Waals surface area contributed by atoms with Crippen LogP contribution >= 0.6 is 11.6 Å². The summed E-state index contributed by atoms with van der Waals surface area (Å²) in [5.41, 5.74) is 1.05. The van der Waals surface area contributed by atoms with Gasteiger partial charge < -0.3 is 5.32 Å². The van der Waals surface area contributed by atoms with Crippen molar-refractivity contribution in [3.05, 3.63) is 64.7 Å². The van der Waals surface area contributed by atoms with Crippen molar-refractivity contribution < 1.29 is 22.8 Å². The number of hydrogen-bond acceptors (Lipinski definition) is 3. The Hall–Kier alpha value is -2.87. The van der Waals surface area contributed by atoms with Gasteiger partial charge in [-0.2, -0.15) is 18.3 Å². The minimum absolute atomic E-state index is 0.242. The van der Waals surface area contributed by atoms with E-state index in [1.165, 1.54) is 42.5 Å². The van der Waals surface area contributed by atoms with Crippen molar-refractivity contribution >= 4 is 35.3 Å². The second kappa shape index (κ2) is 7.80. The molecular weight excluding hydrogens is 359 g/mol. The quantitative estimate of drug-likeness (QED) is 0.494. The SMILES string of the molecule is O=C(N/N=C\c1ccccc1C(F)(F)F)C(=O)Nc1ccc(Cl)cc1. The highest BCUT2D eigenvalue weighted by Crippen LogP contribution is 2.31. The number of rotatable bonds is 3. The lowest BCUT2D eigenvalue weighted by Gasteiger charge is -2.09. The number of benzene rings is 2. The van der Waals surface area contributed by atoms with Crippen LogP contribution in [0.1, 0.15) is 11.1 Å². The molecule has 0 saturated heterocycles. The fraction of sp³-hybridized carbons (Fsp3) is 0.0625. The predicted octanol–water partition coefficient (Wildman–Crippen LogP) is 3.45. The summed E-state index contributed by atoms with van der Waals surface area (Å²) in [6.45, 7) is 0. The number of alkyl halides is 3. The van der Waals surface area contributed by atoms with E-state index < -0.39 is 23.6 Å². The highest BCUT2D eigenvalue weighted by Gasteiger charge is 2.32. The Morgan fingerprint density at radius 2 is 1.64 bits per heavy atom. The summed E-state index contributed by atoms with van der Waals surface area (Å²) in [4.78, 5) is 23.3. The molecule has 0 aliphatic heterocycles. The minimum Gasteiger partial charge on any atom is -0.318 e. The topological polar surface area (TPSA) is 70.6 Å². The summed E-state index contributed by atoms with van der Waals surface area (Å²) in [7, 11) is 0.